The van der Waals surface area contributed by atoms with Crippen molar-refractivity contribution in [1.29, 1.82) is 0 Å². The fourth-order valence-electron chi connectivity index (χ4n) is 4.11. The van der Waals surface area contributed by atoms with Gasteiger partial charge in [0.1, 0.15) is 18.3 Å². The van der Waals surface area contributed by atoms with Crippen LogP contribution in [0.25, 0.3) is 10.8 Å². The van der Waals surface area contributed by atoms with Crippen molar-refractivity contribution >= 4 is 38.3 Å². The van der Waals surface area contributed by atoms with Crippen molar-refractivity contribution in [2.75, 3.05) is 30.8 Å². The highest BCUT2D eigenvalue weighted by Crippen LogP contribution is 2.28. The SMILES string of the molecule is CCCCNC(=O)[C@H](C)N(Cc1cccc(OC)c1)C(=O)CN(c1cccc2ccccc12)S(C)(=O)=O. The van der Waals surface area contributed by atoms with Gasteiger partial charge in [-0.25, -0.2) is 8.42 Å². The zero-order valence-electron chi connectivity index (χ0n) is 21.8. The first-order valence-corrected chi connectivity index (χ1v) is 14.2. The standard InChI is InChI=1S/C28H35N3O5S/c1-5-6-17-29-28(33)21(2)30(19-22-11-9-14-24(18-22)36-3)27(32)20-31(37(4,34)35)26-16-10-13-23-12-7-8-15-25(23)26/h7-16,18,21H,5-6,17,19-20H2,1-4H3,(H,29,33)/t21-/m0/s1. The predicted octanol–water partition coefficient (Wildman–Crippen LogP) is 3.95. The number of hydrogen-bond acceptors (Lipinski definition) is 5. The van der Waals surface area contributed by atoms with Crippen LogP contribution < -0.4 is 14.4 Å². The first-order valence-electron chi connectivity index (χ1n) is 12.3. The van der Waals surface area contributed by atoms with E-state index >= 15 is 0 Å². The fraction of sp³-hybridized carbons (Fsp3) is 0.357. The van der Waals surface area contributed by atoms with Gasteiger partial charge in [0.05, 0.1) is 19.1 Å². The molecule has 0 spiro atoms. The van der Waals surface area contributed by atoms with E-state index in [0.29, 0.717) is 23.4 Å². The van der Waals surface area contributed by atoms with Gasteiger partial charge in [-0.15, -0.1) is 0 Å². The number of nitrogens with zero attached hydrogens (tertiary/aromatic N) is 2. The molecule has 1 N–H and O–H groups in total. The summed E-state index contributed by atoms with van der Waals surface area (Å²) in [6.45, 7) is 3.87. The van der Waals surface area contributed by atoms with Gasteiger partial charge in [0.25, 0.3) is 0 Å². The topological polar surface area (TPSA) is 96.0 Å². The number of nitrogens with one attached hydrogen (secondary N) is 1. The largest absolute Gasteiger partial charge is 0.497 e. The molecule has 9 heteroatoms. The van der Waals surface area contributed by atoms with Crippen LogP contribution in [0.5, 0.6) is 5.75 Å². The summed E-state index contributed by atoms with van der Waals surface area (Å²) in [6, 6.07) is 19.2. The number of rotatable bonds is 12. The Bertz CT molecular complexity index is 1340. The Morgan fingerprint density at radius 1 is 1.03 bits per heavy atom. The first kappa shape index (κ1) is 28.0. The Morgan fingerprint density at radius 3 is 2.43 bits per heavy atom. The summed E-state index contributed by atoms with van der Waals surface area (Å²) in [7, 11) is -2.26. The number of amides is 2. The third kappa shape index (κ3) is 7.22. The van der Waals surface area contributed by atoms with E-state index in [0.717, 1.165) is 34.4 Å². The number of anilines is 1. The van der Waals surface area contributed by atoms with Crippen LogP contribution in [0.1, 0.15) is 32.3 Å². The van der Waals surface area contributed by atoms with Crippen LogP contribution in [0.2, 0.25) is 0 Å². The van der Waals surface area contributed by atoms with E-state index in [1.54, 1.807) is 38.3 Å². The van der Waals surface area contributed by atoms with E-state index in [1.807, 2.05) is 49.4 Å². The molecule has 0 unspecified atom stereocenters. The van der Waals surface area contributed by atoms with E-state index in [-0.39, 0.29) is 12.5 Å². The highest BCUT2D eigenvalue weighted by Gasteiger charge is 2.30. The van der Waals surface area contributed by atoms with Crippen molar-refractivity contribution in [2.45, 2.75) is 39.3 Å². The molecule has 37 heavy (non-hydrogen) atoms. The van der Waals surface area contributed by atoms with Gasteiger partial charge in [0.15, 0.2) is 0 Å². The molecule has 0 radical (unpaired) electrons. The van der Waals surface area contributed by atoms with Gasteiger partial charge < -0.3 is 15.0 Å². The maximum Gasteiger partial charge on any atom is 0.244 e. The van der Waals surface area contributed by atoms with E-state index in [4.69, 9.17) is 4.74 Å². The molecule has 0 heterocycles. The van der Waals surface area contributed by atoms with E-state index in [2.05, 4.69) is 5.32 Å². The lowest BCUT2D eigenvalue weighted by Crippen LogP contribution is -2.51. The minimum atomic E-state index is -3.82. The Labute approximate surface area is 219 Å². The summed E-state index contributed by atoms with van der Waals surface area (Å²) in [5.74, 6) is -0.154. The second kappa shape index (κ2) is 12.6. The molecule has 0 saturated heterocycles. The Kier molecular flexibility index (Phi) is 9.52. The number of carbonyl (C=O) groups is 2. The number of ether oxygens (including phenoxy) is 1. The molecule has 1 atom stereocenters. The van der Waals surface area contributed by atoms with Gasteiger partial charge in [-0.2, -0.15) is 0 Å². The van der Waals surface area contributed by atoms with Crippen LogP contribution in [0.3, 0.4) is 0 Å². The summed E-state index contributed by atoms with van der Waals surface area (Å²) < 4.78 is 32.2. The molecule has 198 valence electrons. The second-order valence-electron chi connectivity index (χ2n) is 8.96. The Hall–Kier alpha value is -3.59. The Balaban J connectivity index is 1.96. The third-order valence-corrected chi connectivity index (χ3v) is 7.32. The number of fused-ring (bicyclic) bond motifs is 1. The molecule has 0 aliphatic heterocycles. The van der Waals surface area contributed by atoms with Gasteiger partial charge in [-0.3, -0.25) is 13.9 Å². The maximum absolute atomic E-state index is 13.8. The molecule has 0 aliphatic rings. The monoisotopic (exact) mass is 525 g/mol. The molecule has 3 rings (SSSR count). The van der Waals surface area contributed by atoms with Crippen LogP contribution in [0.15, 0.2) is 66.7 Å². The summed E-state index contributed by atoms with van der Waals surface area (Å²) in [4.78, 5) is 28.1. The minimum Gasteiger partial charge on any atom is -0.497 e. The molecule has 8 nitrogen and oxygen atoms in total. The van der Waals surface area contributed by atoms with Crippen LogP contribution in [0, 0.1) is 0 Å². The van der Waals surface area contributed by atoms with Gasteiger partial charge in [-0.1, -0.05) is 61.9 Å². The molecule has 3 aromatic carbocycles. The zero-order valence-corrected chi connectivity index (χ0v) is 22.6. The van der Waals surface area contributed by atoms with Crippen molar-refractivity contribution in [1.82, 2.24) is 10.2 Å². The van der Waals surface area contributed by atoms with Crippen LogP contribution in [0.4, 0.5) is 5.69 Å². The van der Waals surface area contributed by atoms with Gasteiger partial charge >= 0.3 is 0 Å². The quantitative estimate of drug-likeness (QED) is 0.361. The van der Waals surface area contributed by atoms with Gasteiger partial charge in [0, 0.05) is 18.5 Å². The van der Waals surface area contributed by atoms with Crippen LogP contribution in [-0.2, 0) is 26.2 Å². The lowest BCUT2D eigenvalue weighted by Gasteiger charge is -2.32. The number of methoxy groups -OCH3 is 1. The summed E-state index contributed by atoms with van der Waals surface area (Å²) in [6.07, 6.45) is 2.83. The van der Waals surface area contributed by atoms with Crippen molar-refractivity contribution in [3.63, 3.8) is 0 Å². The minimum absolute atomic E-state index is 0.117. The molecule has 2 amide bonds. The fourth-order valence-corrected chi connectivity index (χ4v) is 4.97. The van der Waals surface area contributed by atoms with Crippen molar-refractivity contribution in [3.8, 4) is 5.75 Å². The summed E-state index contributed by atoms with van der Waals surface area (Å²) in [5.41, 5.74) is 1.17. The van der Waals surface area contributed by atoms with Gasteiger partial charge in [0.2, 0.25) is 21.8 Å². The summed E-state index contributed by atoms with van der Waals surface area (Å²) in [5, 5.41) is 4.45. The van der Waals surface area contributed by atoms with Crippen molar-refractivity contribution < 1.29 is 22.7 Å². The zero-order chi connectivity index (χ0) is 27.0. The lowest BCUT2D eigenvalue weighted by molar-refractivity contribution is -0.139. The van der Waals surface area contributed by atoms with E-state index in [1.165, 1.54) is 4.90 Å². The predicted molar refractivity (Wildman–Crippen MR) is 147 cm³/mol. The normalized spacial score (nSPS) is 12.1. The molecule has 0 saturated carbocycles. The second-order valence-corrected chi connectivity index (χ2v) is 10.9. The average molecular weight is 526 g/mol. The van der Waals surface area contributed by atoms with Crippen molar-refractivity contribution in [3.05, 3.63) is 72.3 Å². The molecule has 0 fully saturated rings. The Morgan fingerprint density at radius 2 is 1.73 bits per heavy atom. The van der Waals surface area contributed by atoms with Crippen LogP contribution >= 0.6 is 0 Å². The number of benzene rings is 3. The average Bonchev–Trinajstić information content (AvgIpc) is 2.89. The highest BCUT2D eigenvalue weighted by molar-refractivity contribution is 7.92. The molecular weight excluding hydrogens is 490 g/mol. The highest BCUT2D eigenvalue weighted by atomic mass is 32.2. The van der Waals surface area contributed by atoms with E-state index < -0.39 is 28.5 Å². The molecule has 0 bridgehead atoms. The number of unbranched alkanes of at least 4 members (excludes halogenated alkanes) is 1. The molecule has 3 aromatic rings. The lowest BCUT2D eigenvalue weighted by atomic mass is 10.1. The van der Waals surface area contributed by atoms with E-state index in [9.17, 15) is 18.0 Å². The molecule has 0 aromatic heterocycles. The number of carbonyl (C=O) groups excluding carboxylic acids is 2. The maximum atomic E-state index is 13.8. The summed E-state index contributed by atoms with van der Waals surface area (Å²) >= 11 is 0. The third-order valence-electron chi connectivity index (χ3n) is 6.20. The molecule has 0 aliphatic carbocycles. The van der Waals surface area contributed by atoms with Crippen LogP contribution in [-0.4, -0.2) is 57.6 Å². The molecular formula is C28H35N3O5S. The smallest absolute Gasteiger partial charge is 0.244 e. The van der Waals surface area contributed by atoms with Gasteiger partial charge in [-0.05, 0) is 42.5 Å². The van der Waals surface area contributed by atoms with Crippen molar-refractivity contribution in [2.24, 2.45) is 0 Å². The first-order chi connectivity index (χ1) is 17.7. The number of hydrogen-bond donors (Lipinski definition) is 1. The number of sulfonamides is 1.